The zero-order valence-electron chi connectivity index (χ0n) is 21.3. The molecule has 0 radical (unpaired) electrons. The molecule has 0 saturated heterocycles. The third kappa shape index (κ3) is 5.21. The molecule has 4 nitrogen and oxygen atoms in total. The Morgan fingerprint density at radius 1 is 0.919 bits per heavy atom. The molecule has 4 aromatic carbocycles. The lowest BCUT2D eigenvalue weighted by atomic mass is 9.87. The van der Waals surface area contributed by atoms with Crippen molar-refractivity contribution in [1.29, 1.82) is 0 Å². The first-order valence-electron chi connectivity index (χ1n) is 12.4. The van der Waals surface area contributed by atoms with Crippen LogP contribution >= 0.6 is 11.6 Å². The minimum absolute atomic E-state index is 0.420. The molecule has 188 valence electrons. The van der Waals surface area contributed by atoms with Gasteiger partial charge in [0.25, 0.3) is 0 Å². The van der Waals surface area contributed by atoms with Gasteiger partial charge in [-0.2, -0.15) is 0 Å². The van der Waals surface area contributed by atoms with Crippen LogP contribution in [0.2, 0.25) is 5.02 Å². The summed E-state index contributed by atoms with van der Waals surface area (Å²) < 4.78 is 8.43. The number of carbonyl (C=O) groups is 1. The monoisotopic (exact) mass is 511 g/mol. The van der Waals surface area contributed by atoms with Gasteiger partial charge in [0.15, 0.2) is 0 Å². The van der Waals surface area contributed by atoms with E-state index in [4.69, 9.17) is 16.3 Å². The van der Waals surface area contributed by atoms with Gasteiger partial charge in [-0.3, -0.25) is 4.79 Å². The summed E-state index contributed by atoms with van der Waals surface area (Å²) in [4.78, 5) is 12.0. The molecule has 1 N–H and O–H groups in total. The third-order valence-corrected chi connectivity index (χ3v) is 7.34. The number of carboxylic acid groups (broad SMARTS) is 1. The molecule has 5 rings (SSSR count). The smallest absolute Gasteiger partial charge is 0.309 e. The maximum atomic E-state index is 12.0. The fraction of sp³-hybridized carbons (Fsp3) is 0.219. The standard InChI is InChI=1S/C32H30ClNO3/c1-21-28-17-27(37-20-23-8-11-24-6-4-5-7-25(24)16-23)14-15-29(28)34(19-22-9-12-26(33)13-10-22)30(21)18-32(2,3)31(35)36/h4-17H,18-20H2,1-3H3,(H,35,36). The van der Waals surface area contributed by atoms with Crippen molar-refractivity contribution in [3.63, 3.8) is 0 Å². The maximum Gasteiger partial charge on any atom is 0.309 e. The van der Waals surface area contributed by atoms with Gasteiger partial charge in [0.05, 0.1) is 5.41 Å². The van der Waals surface area contributed by atoms with E-state index in [-0.39, 0.29) is 0 Å². The van der Waals surface area contributed by atoms with Crippen LogP contribution in [0.25, 0.3) is 21.7 Å². The van der Waals surface area contributed by atoms with Crippen LogP contribution in [0.4, 0.5) is 0 Å². The molecule has 0 aliphatic carbocycles. The minimum Gasteiger partial charge on any atom is -0.489 e. The molecule has 0 fully saturated rings. The molecular formula is C32H30ClNO3. The number of ether oxygens (including phenoxy) is 1. The van der Waals surface area contributed by atoms with Crippen molar-refractivity contribution >= 4 is 39.2 Å². The van der Waals surface area contributed by atoms with Crippen LogP contribution in [0, 0.1) is 12.3 Å². The lowest BCUT2D eigenvalue weighted by molar-refractivity contribution is -0.146. The van der Waals surface area contributed by atoms with Gasteiger partial charge in [-0.25, -0.2) is 0 Å². The van der Waals surface area contributed by atoms with Gasteiger partial charge in [-0.15, -0.1) is 0 Å². The predicted molar refractivity (Wildman–Crippen MR) is 151 cm³/mol. The Bertz CT molecular complexity index is 1600. The zero-order valence-corrected chi connectivity index (χ0v) is 22.0. The van der Waals surface area contributed by atoms with Gasteiger partial charge in [0.1, 0.15) is 12.4 Å². The Kier molecular flexibility index (Phi) is 6.70. The number of halogens is 1. The van der Waals surface area contributed by atoms with Crippen molar-refractivity contribution in [2.45, 2.75) is 40.3 Å². The second-order valence-electron chi connectivity index (χ2n) is 10.3. The highest BCUT2D eigenvalue weighted by molar-refractivity contribution is 6.30. The minimum atomic E-state index is -0.897. The van der Waals surface area contributed by atoms with Gasteiger partial charge >= 0.3 is 5.97 Å². The highest BCUT2D eigenvalue weighted by atomic mass is 35.5. The molecular weight excluding hydrogens is 482 g/mol. The number of fused-ring (bicyclic) bond motifs is 2. The Hall–Kier alpha value is -3.76. The van der Waals surface area contributed by atoms with Gasteiger partial charge in [0, 0.05) is 34.6 Å². The predicted octanol–water partition coefficient (Wildman–Crippen LogP) is 8.04. The fourth-order valence-electron chi connectivity index (χ4n) is 4.81. The van der Waals surface area contributed by atoms with E-state index in [1.54, 1.807) is 13.8 Å². The van der Waals surface area contributed by atoms with Crippen LogP contribution in [0.3, 0.4) is 0 Å². The summed E-state index contributed by atoms with van der Waals surface area (Å²) >= 11 is 6.10. The number of aryl methyl sites for hydroxylation is 1. The van der Waals surface area contributed by atoms with E-state index in [0.717, 1.165) is 39.0 Å². The first kappa shape index (κ1) is 24.9. The molecule has 0 unspecified atom stereocenters. The third-order valence-electron chi connectivity index (χ3n) is 7.08. The number of nitrogens with zero attached hydrogens (tertiary/aromatic N) is 1. The van der Waals surface area contributed by atoms with Gasteiger partial charge < -0.3 is 14.4 Å². The summed E-state index contributed by atoms with van der Waals surface area (Å²) in [6, 6.07) is 28.6. The number of rotatable bonds is 8. The highest BCUT2D eigenvalue weighted by Crippen LogP contribution is 2.34. The Labute approximate surface area is 222 Å². The summed E-state index contributed by atoms with van der Waals surface area (Å²) in [5.74, 6) is -0.0222. The Balaban J connectivity index is 1.49. The maximum absolute atomic E-state index is 12.0. The topological polar surface area (TPSA) is 51.5 Å². The molecule has 5 heteroatoms. The van der Waals surface area contributed by atoms with Gasteiger partial charge in [-0.05, 0) is 84.6 Å². The molecule has 0 aliphatic rings. The summed E-state index contributed by atoms with van der Waals surface area (Å²) in [6.45, 7) is 6.72. The summed E-state index contributed by atoms with van der Waals surface area (Å²) in [5, 5.41) is 14.0. The summed E-state index contributed by atoms with van der Waals surface area (Å²) in [6.07, 6.45) is 0.420. The Morgan fingerprint density at radius 2 is 1.62 bits per heavy atom. The normalized spacial score (nSPS) is 11.8. The number of aromatic nitrogens is 1. The molecule has 1 aromatic heterocycles. The zero-order chi connectivity index (χ0) is 26.2. The molecule has 0 atom stereocenters. The number of carboxylic acids is 1. The van der Waals surface area contributed by atoms with Crippen molar-refractivity contribution in [2.75, 3.05) is 0 Å². The number of hydrogen-bond donors (Lipinski definition) is 1. The van der Waals surface area contributed by atoms with Gasteiger partial charge in [-0.1, -0.05) is 60.1 Å². The first-order valence-corrected chi connectivity index (χ1v) is 12.8. The molecule has 5 aromatic rings. The summed E-state index contributed by atoms with van der Waals surface area (Å²) in [7, 11) is 0. The van der Waals surface area contributed by atoms with E-state index in [0.29, 0.717) is 24.6 Å². The van der Waals surface area contributed by atoms with Crippen molar-refractivity contribution in [1.82, 2.24) is 4.57 Å². The van der Waals surface area contributed by atoms with Crippen LogP contribution in [0.5, 0.6) is 5.75 Å². The van der Waals surface area contributed by atoms with E-state index in [9.17, 15) is 9.90 Å². The molecule has 37 heavy (non-hydrogen) atoms. The first-order chi connectivity index (χ1) is 17.7. The van der Waals surface area contributed by atoms with E-state index in [1.165, 1.54) is 10.8 Å². The number of benzene rings is 4. The second-order valence-corrected chi connectivity index (χ2v) is 10.7. The largest absolute Gasteiger partial charge is 0.489 e. The molecule has 0 amide bonds. The van der Waals surface area contributed by atoms with Crippen LogP contribution < -0.4 is 4.74 Å². The van der Waals surface area contributed by atoms with E-state index >= 15 is 0 Å². The van der Waals surface area contributed by atoms with Crippen LogP contribution in [0.1, 0.15) is 36.2 Å². The average molecular weight is 512 g/mol. The molecule has 0 saturated carbocycles. The van der Waals surface area contributed by atoms with Crippen LogP contribution in [-0.4, -0.2) is 15.6 Å². The van der Waals surface area contributed by atoms with Crippen molar-refractivity contribution in [3.05, 3.63) is 112 Å². The van der Waals surface area contributed by atoms with E-state index < -0.39 is 11.4 Å². The summed E-state index contributed by atoms with van der Waals surface area (Å²) in [5.41, 5.74) is 4.47. The Morgan fingerprint density at radius 3 is 2.35 bits per heavy atom. The lowest BCUT2D eigenvalue weighted by Gasteiger charge is -2.21. The molecule has 0 spiro atoms. The van der Waals surface area contributed by atoms with Crippen molar-refractivity contribution in [3.8, 4) is 5.75 Å². The van der Waals surface area contributed by atoms with Crippen molar-refractivity contribution in [2.24, 2.45) is 5.41 Å². The van der Waals surface area contributed by atoms with Crippen LogP contribution in [-0.2, 0) is 24.4 Å². The van der Waals surface area contributed by atoms with Crippen molar-refractivity contribution < 1.29 is 14.6 Å². The quantitative estimate of drug-likeness (QED) is 0.229. The van der Waals surface area contributed by atoms with Crippen LogP contribution in [0.15, 0.2) is 84.9 Å². The lowest BCUT2D eigenvalue weighted by Crippen LogP contribution is -2.27. The average Bonchev–Trinajstić information content (AvgIpc) is 3.13. The molecule has 0 aliphatic heterocycles. The molecule has 0 bridgehead atoms. The number of hydrogen-bond acceptors (Lipinski definition) is 2. The second kappa shape index (κ2) is 9.95. The number of aliphatic carboxylic acids is 1. The molecule has 1 heterocycles. The highest BCUT2D eigenvalue weighted by Gasteiger charge is 2.30. The van der Waals surface area contributed by atoms with E-state index in [2.05, 4.69) is 54.0 Å². The van der Waals surface area contributed by atoms with Gasteiger partial charge in [0.2, 0.25) is 0 Å². The SMILES string of the molecule is Cc1c(CC(C)(C)C(=O)O)n(Cc2ccc(Cl)cc2)c2ccc(OCc3ccc4ccccc4c3)cc12. The fourth-order valence-corrected chi connectivity index (χ4v) is 4.94. The van der Waals surface area contributed by atoms with E-state index in [1.807, 2.05) is 42.5 Å².